The van der Waals surface area contributed by atoms with Gasteiger partial charge >= 0.3 is 0 Å². The fourth-order valence-electron chi connectivity index (χ4n) is 1.50. The maximum absolute atomic E-state index is 6.16. The highest BCUT2D eigenvalue weighted by molar-refractivity contribution is 7.99. The van der Waals surface area contributed by atoms with Crippen molar-refractivity contribution in [3.63, 3.8) is 0 Å². The van der Waals surface area contributed by atoms with E-state index in [1.54, 1.807) is 4.68 Å². The van der Waals surface area contributed by atoms with E-state index in [1.165, 1.54) is 5.75 Å². The Bertz CT molecular complexity index is 338. The molecular weight excluding hydrogens is 242 g/mol. The molecule has 0 amide bonds. The average molecular weight is 262 g/mol. The van der Waals surface area contributed by atoms with Gasteiger partial charge in [0.15, 0.2) is 0 Å². The van der Waals surface area contributed by atoms with E-state index in [1.807, 2.05) is 25.7 Å². The minimum Gasteiger partial charge on any atom is -0.309 e. The van der Waals surface area contributed by atoms with Gasteiger partial charge in [-0.15, -0.1) is 0 Å². The van der Waals surface area contributed by atoms with E-state index >= 15 is 0 Å². The van der Waals surface area contributed by atoms with Gasteiger partial charge in [0.25, 0.3) is 0 Å². The van der Waals surface area contributed by atoms with E-state index in [0.29, 0.717) is 6.04 Å². The van der Waals surface area contributed by atoms with Crippen molar-refractivity contribution in [1.29, 1.82) is 0 Å². The van der Waals surface area contributed by atoms with Crippen molar-refractivity contribution in [3.05, 3.63) is 16.4 Å². The Hall–Kier alpha value is -0.190. The van der Waals surface area contributed by atoms with Gasteiger partial charge in [-0.05, 0) is 19.6 Å². The molecule has 0 fully saturated rings. The summed E-state index contributed by atoms with van der Waals surface area (Å²) >= 11 is 8.11. The Morgan fingerprint density at radius 3 is 2.75 bits per heavy atom. The number of hydrogen-bond donors (Lipinski definition) is 1. The van der Waals surface area contributed by atoms with Crippen LogP contribution in [0.25, 0.3) is 0 Å². The molecule has 0 aliphatic rings. The predicted molar refractivity (Wildman–Crippen MR) is 72.3 cm³/mol. The highest BCUT2D eigenvalue weighted by Crippen LogP contribution is 2.18. The number of aromatic nitrogens is 2. The van der Waals surface area contributed by atoms with Crippen molar-refractivity contribution in [1.82, 2.24) is 15.1 Å². The Morgan fingerprint density at radius 2 is 2.25 bits per heavy atom. The summed E-state index contributed by atoms with van der Waals surface area (Å²) < 4.78 is 1.72. The SMILES string of the molecule is CCSCC(C)NCc1c(C)nn(C)c1Cl. The van der Waals surface area contributed by atoms with Crippen LogP contribution in [0.15, 0.2) is 0 Å². The van der Waals surface area contributed by atoms with E-state index in [9.17, 15) is 0 Å². The third-order valence-electron chi connectivity index (χ3n) is 2.47. The van der Waals surface area contributed by atoms with Crippen LogP contribution in [0.5, 0.6) is 0 Å². The molecule has 3 nitrogen and oxygen atoms in total. The largest absolute Gasteiger partial charge is 0.309 e. The van der Waals surface area contributed by atoms with Crippen LogP contribution < -0.4 is 5.32 Å². The van der Waals surface area contributed by atoms with Gasteiger partial charge in [0.05, 0.1) is 5.69 Å². The van der Waals surface area contributed by atoms with Crippen LogP contribution in [-0.4, -0.2) is 27.3 Å². The number of aryl methyl sites for hydroxylation is 2. The highest BCUT2D eigenvalue weighted by Gasteiger charge is 2.11. The minimum absolute atomic E-state index is 0.501. The molecule has 0 aliphatic heterocycles. The minimum atomic E-state index is 0.501. The quantitative estimate of drug-likeness (QED) is 0.854. The van der Waals surface area contributed by atoms with E-state index in [4.69, 9.17) is 11.6 Å². The van der Waals surface area contributed by atoms with Crippen LogP contribution in [0, 0.1) is 6.92 Å². The monoisotopic (exact) mass is 261 g/mol. The van der Waals surface area contributed by atoms with Gasteiger partial charge in [0, 0.05) is 31.0 Å². The second-order valence-electron chi connectivity index (χ2n) is 3.92. The molecule has 0 saturated heterocycles. The van der Waals surface area contributed by atoms with Crippen LogP contribution in [0.2, 0.25) is 5.15 Å². The third kappa shape index (κ3) is 3.68. The first-order chi connectivity index (χ1) is 7.56. The third-order valence-corrected chi connectivity index (χ3v) is 4.09. The van der Waals surface area contributed by atoms with Crippen molar-refractivity contribution >= 4 is 23.4 Å². The molecule has 0 bridgehead atoms. The van der Waals surface area contributed by atoms with Crippen molar-refractivity contribution in [2.45, 2.75) is 33.4 Å². The maximum Gasteiger partial charge on any atom is 0.131 e. The molecule has 1 unspecified atom stereocenters. The Kier molecular flexibility index (Phi) is 5.66. The Balaban J connectivity index is 2.48. The average Bonchev–Trinajstić information content (AvgIpc) is 2.48. The first-order valence-corrected chi connectivity index (χ1v) is 7.08. The molecule has 16 heavy (non-hydrogen) atoms. The molecule has 0 spiro atoms. The lowest BCUT2D eigenvalue weighted by atomic mass is 10.2. The van der Waals surface area contributed by atoms with Crippen LogP contribution in [0.1, 0.15) is 25.1 Å². The van der Waals surface area contributed by atoms with E-state index < -0.39 is 0 Å². The molecule has 0 aromatic carbocycles. The summed E-state index contributed by atoms with van der Waals surface area (Å²) in [4.78, 5) is 0. The summed E-state index contributed by atoms with van der Waals surface area (Å²) in [5, 5.41) is 8.50. The molecule has 1 rings (SSSR count). The van der Waals surface area contributed by atoms with E-state index in [2.05, 4.69) is 24.3 Å². The summed E-state index contributed by atoms with van der Waals surface area (Å²) in [6.07, 6.45) is 0. The lowest BCUT2D eigenvalue weighted by molar-refractivity contribution is 0.594. The number of halogens is 1. The maximum atomic E-state index is 6.16. The first kappa shape index (κ1) is 13.9. The molecule has 1 N–H and O–H groups in total. The highest BCUT2D eigenvalue weighted by atomic mass is 35.5. The molecule has 1 atom stereocenters. The summed E-state index contributed by atoms with van der Waals surface area (Å²) in [6.45, 7) is 7.17. The summed E-state index contributed by atoms with van der Waals surface area (Å²) in [5.41, 5.74) is 2.12. The molecule has 0 radical (unpaired) electrons. The van der Waals surface area contributed by atoms with Gasteiger partial charge in [-0.2, -0.15) is 16.9 Å². The van der Waals surface area contributed by atoms with E-state index in [0.717, 1.165) is 28.7 Å². The van der Waals surface area contributed by atoms with Gasteiger partial charge in [-0.3, -0.25) is 4.68 Å². The molecule has 1 heterocycles. The zero-order chi connectivity index (χ0) is 12.1. The van der Waals surface area contributed by atoms with Gasteiger partial charge < -0.3 is 5.32 Å². The Morgan fingerprint density at radius 1 is 1.56 bits per heavy atom. The number of nitrogens with zero attached hydrogens (tertiary/aromatic N) is 2. The number of rotatable bonds is 6. The van der Waals surface area contributed by atoms with Crippen LogP contribution in [-0.2, 0) is 13.6 Å². The second kappa shape index (κ2) is 6.52. The standard InChI is InChI=1S/C11H20ClN3S/c1-5-16-7-8(2)13-6-10-9(3)14-15(4)11(10)12/h8,13H,5-7H2,1-4H3. The number of nitrogens with one attached hydrogen (secondary N) is 1. The van der Waals surface area contributed by atoms with Crippen molar-refractivity contribution in [2.75, 3.05) is 11.5 Å². The van der Waals surface area contributed by atoms with Gasteiger partial charge in [0.2, 0.25) is 0 Å². The topological polar surface area (TPSA) is 29.9 Å². The molecule has 1 aromatic heterocycles. The van der Waals surface area contributed by atoms with Gasteiger partial charge in [0.1, 0.15) is 5.15 Å². The predicted octanol–water partition coefficient (Wildman–Crippen LogP) is 2.61. The molecular formula is C11H20ClN3S. The van der Waals surface area contributed by atoms with Crippen LogP contribution in [0.3, 0.4) is 0 Å². The van der Waals surface area contributed by atoms with Crippen LogP contribution >= 0.6 is 23.4 Å². The Labute approximate surface area is 107 Å². The number of hydrogen-bond acceptors (Lipinski definition) is 3. The van der Waals surface area contributed by atoms with Gasteiger partial charge in [-0.25, -0.2) is 0 Å². The summed E-state index contributed by atoms with van der Waals surface area (Å²) in [6, 6.07) is 0.501. The summed E-state index contributed by atoms with van der Waals surface area (Å²) in [7, 11) is 1.87. The molecule has 1 aromatic rings. The second-order valence-corrected chi connectivity index (χ2v) is 5.60. The zero-order valence-electron chi connectivity index (χ0n) is 10.4. The number of thioether (sulfide) groups is 1. The molecule has 0 aliphatic carbocycles. The van der Waals surface area contributed by atoms with Crippen molar-refractivity contribution < 1.29 is 0 Å². The summed E-state index contributed by atoms with van der Waals surface area (Å²) in [5.74, 6) is 2.30. The van der Waals surface area contributed by atoms with E-state index in [-0.39, 0.29) is 0 Å². The van der Waals surface area contributed by atoms with Crippen molar-refractivity contribution in [3.8, 4) is 0 Å². The lowest BCUT2D eigenvalue weighted by Crippen LogP contribution is -2.28. The normalized spacial score (nSPS) is 13.1. The lowest BCUT2D eigenvalue weighted by Gasteiger charge is -2.12. The van der Waals surface area contributed by atoms with Gasteiger partial charge in [-0.1, -0.05) is 18.5 Å². The van der Waals surface area contributed by atoms with Crippen molar-refractivity contribution in [2.24, 2.45) is 7.05 Å². The molecule has 0 saturated carbocycles. The first-order valence-electron chi connectivity index (χ1n) is 5.55. The molecule has 5 heteroatoms. The molecule has 92 valence electrons. The fourth-order valence-corrected chi connectivity index (χ4v) is 2.45. The zero-order valence-corrected chi connectivity index (χ0v) is 12.0. The fraction of sp³-hybridized carbons (Fsp3) is 0.727. The smallest absolute Gasteiger partial charge is 0.131 e. The van der Waals surface area contributed by atoms with Crippen LogP contribution in [0.4, 0.5) is 0 Å².